The van der Waals surface area contributed by atoms with E-state index in [1.807, 2.05) is 0 Å². The lowest BCUT2D eigenvalue weighted by molar-refractivity contribution is 0.0367. The summed E-state index contributed by atoms with van der Waals surface area (Å²) in [6.07, 6.45) is 1.99. The minimum Gasteiger partial charge on any atom is -0.494 e. The summed E-state index contributed by atoms with van der Waals surface area (Å²) in [6.45, 7) is 1.93. The third-order valence-corrected chi connectivity index (χ3v) is 3.56. The zero-order valence-electron chi connectivity index (χ0n) is 13.6. The summed E-state index contributed by atoms with van der Waals surface area (Å²) in [4.78, 5) is 11.8. The molecule has 0 aliphatic carbocycles. The van der Waals surface area contributed by atoms with E-state index < -0.39 is 17.4 Å². The van der Waals surface area contributed by atoms with Gasteiger partial charge in [0.25, 0.3) is 0 Å². The maximum Gasteiger partial charge on any atom is 0.314 e. The topological polar surface area (TPSA) is 83.7 Å². The SMILES string of the molecule is COc1cc(CCNC(=O)NCC(C)(O)c2ccco2)ccc1F. The van der Waals surface area contributed by atoms with Crippen LogP contribution < -0.4 is 15.4 Å². The Bertz CT molecular complexity index is 671. The first kappa shape index (κ1) is 17.8. The minimum absolute atomic E-state index is 0.0106. The molecular weight excluding hydrogens is 315 g/mol. The van der Waals surface area contributed by atoms with Crippen LogP contribution in [0.3, 0.4) is 0 Å². The molecule has 2 amide bonds. The number of rotatable bonds is 7. The Kier molecular flexibility index (Phi) is 5.81. The van der Waals surface area contributed by atoms with Crippen LogP contribution in [0, 0.1) is 5.82 Å². The predicted molar refractivity (Wildman–Crippen MR) is 86.3 cm³/mol. The average Bonchev–Trinajstić information content (AvgIpc) is 3.10. The number of furan rings is 1. The molecule has 1 heterocycles. The number of benzene rings is 1. The quantitative estimate of drug-likeness (QED) is 0.724. The molecule has 2 aromatic rings. The zero-order valence-corrected chi connectivity index (χ0v) is 13.6. The molecule has 0 bridgehead atoms. The molecule has 1 unspecified atom stereocenters. The molecule has 1 atom stereocenters. The molecule has 0 saturated heterocycles. The summed E-state index contributed by atoms with van der Waals surface area (Å²) in [5.74, 6) is 0.125. The van der Waals surface area contributed by atoms with E-state index in [2.05, 4.69) is 10.6 Å². The van der Waals surface area contributed by atoms with Crippen LogP contribution >= 0.6 is 0 Å². The molecule has 1 aromatic heterocycles. The smallest absolute Gasteiger partial charge is 0.314 e. The summed E-state index contributed by atoms with van der Waals surface area (Å²) in [7, 11) is 1.40. The molecule has 0 spiro atoms. The molecule has 2 rings (SSSR count). The fourth-order valence-corrected chi connectivity index (χ4v) is 2.17. The molecule has 130 valence electrons. The van der Waals surface area contributed by atoms with Crippen LogP contribution in [0.25, 0.3) is 0 Å². The zero-order chi connectivity index (χ0) is 17.6. The van der Waals surface area contributed by atoms with Gasteiger partial charge in [-0.05, 0) is 43.2 Å². The Morgan fingerprint density at radius 3 is 2.83 bits per heavy atom. The molecule has 0 radical (unpaired) electrons. The number of halogens is 1. The second kappa shape index (κ2) is 7.83. The lowest BCUT2D eigenvalue weighted by Crippen LogP contribution is -2.43. The number of nitrogens with one attached hydrogen (secondary N) is 2. The van der Waals surface area contributed by atoms with Crippen LogP contribution in [-0.2, 0) is 12.0 Å². The van der Waals surface area contributed by atoms with Crippen molar-refractivity contribution in [2.24, 2.45) is 0 Å². The van der Waals surface area contributed by atoms with Crippen molar-refractivity contribution in [1.29, 1.82) is 0 Å². The van der Waals surface area contributed by atoms with E-state index in [4.69, 9.17) is 9.15 Å². The Morgan fingerprint density at radius 2 is 2.17 bits per heavy atom. The van der Waals surface area contributed by atoms with Crippen LogP contribution in [0.15, 0.2) is 41.0 Å². The fourth-order valence-electron chi connectivity index (χ4n) is 2.17. The number of hydrogen-bond donors (Lipinski definition) is 3. The largest absolute Gasteiger partial charge is 0.494 e. The van der Waals surface area contributed by atoms with E-state index in [9.17, 15) is 14.3 Å². The number of methoxy groups -OCH3 is 1. The van der Waals surface area contributed by atoms with Crippen molar-refractivity contribution >= 4 is 6.03 Å². The van der Waals surface area contributed by atoms with Crippen LogP contribution in [-0.4, -0.2) is 31.3 Å². The second-order valence-corrected chi connectivity index (χ2v) is 5.58. The molecule has 0 saturated carbocycles. The van der Waals surface area contributed by atoms with E-state index in [0.29, 0.717) is 18.7 Å². The van der Waals surface area contributed by atoms with Crippen molar-refractivity contribution in [3.63, 3.8) is 0 Å². The van der Waals surface area contributed by atoms with Gasteiger partial charge in [-0.3, -0.25) is 0 Å². The van der Waals surface area contributed by atoms with E-state index >= 15 is 0 Å². The molecule has 1 aromatic carbocycles. The Labute approximate surface area is 139 Å². The molecule has 6 nitrogen and oxygen atoms in total. The van der Waals surface area contributed by atoms with Crippen molar-refractivity contribution in [2.75, 3.05) is 20.2 Å². The molecular formula is C17H21FN2O4. The van der Waals surface area contributed by atoms with Crippen molar-refractivity contribution < 1.29 is 23.4 Å². The monoisotopic (exact) mass is 336 g/mol. The van der Waals surface area contributed by atoms with E-state index in [-0.39, 0.29) is 12.3 Å². The Hall–Kier alpha value is -2.54. The van der Waals surface area contributed by atoms with Gasteiger partial charge in [-0.15, -0.1) is 0 Å². The molecule has 24 heavy (non-hydrogen) atoms. The Balaban J connectivity index is 1.75. The summed E-state index contributed by atoms with van der Waals surface area (Å²) in [5.41, 5.74) is -0.443. The lowest BCUT2D eigenvalue weighted by atomic mass is 10.0. The van der Waals surface area contributed by atoms with Gasteiger partial charge in [0.15, 0.2) is 11.6 Å². The first-order chi connectivity index (χ1) is 11.4. The highest BCUT2D eigenvalue weighted by molar-refractivity contribution is 5.73. The van der Waals surface area contributed by atoms with Gasteiger partial charge < -0.3 is 24.9 Å². The standard InChI is InChI=1S/C17H21FN2O4/c1-17(22,15-4-3-9-24-15)11-20-16(21)19-8-7-12-5-6-13(18)14(10-12)23-2/h3-6,9-10,22H,7-8,11H2,1-2H3,(H2,19,20,21). The number of aliphatic hydroxyl groups is 1. The number of amides is 2. The van der Waals surface area contributed by atoms with Gasteiger partial charge in [0.05, 0.1) is 19.9 Å². The first-order valence-electron chi connectivity index (χ1n) is 7.53. The van der Waals surface area contributed by atoms with E-state index in [1.165, 1.54) is 19.4 Å². The first-order valence-corrected chi connectivity index (χ1v) is 7.53. The normalized spacial score (nSPS) is 13.2. The van der Waals surface area contributed by atoms with Crippen LogP contribution in [0.4, 0.5) is 9.18 Å². The van der Waals surface area contributed by atoms with Crippen molar-refractivity contribution in [3.8, 4) is 5.75 Å². The maximum atomic E-state index is 13.3. The van der Waals surface area contributed by atoms with Crippen molar-refractivity contribution in [1.82, 2.24) is 10.6 Å². The lowest BCUT2D eigenvalue weighted by Gasteiger charge is -2.21. The fraction of sp³-hybridized carbons (Fsp3) is 0.353. The number of carbonyl (C=O) groups is 1. The summed E-state index contributed by atoms with van der Waals surface area (Å²) >= 11 is 0. The van der Waals surface area contributed by atoms with Gasteiger partial charge in [-0.25, -0.2) is 9.18 Å². The molecule has 3 N–H and O–H groups in total. The highest BCUT2D eigenvalue weighted by Crippen LogP contribution is 2.20. The van der Waals surface area contributed by atoms with E-state index in [1.54, 1.807) is 31.2 Å². The van der Waals surface area contributed by atoms with Gasteiger partial charge in [-0.2, -0.15) is 0 Å². The van der Waals surface area contributed by atoms with Gasteiger partial charge in [0.2, 0.25) is 0 Å². The summed E-state index contributed by atoms with van der Waals surface area (Å²) in [6, 6.07) is 7.46. The Morgan fingerprint density at radius 1 is 1.38 bits per heavy atom. The molecule has 7 heteroatoms. The van der Waals surface area contributed by atoms with Crippen LogP contribution in [0.5, 0.6) is 5.75 Å². The molecule has 0 aliphatic heterocycles. The van der Waals surface area contributed by atoms with Crippen LogP contribution in [0.1, 0.15) is 18.2 Å². The van der Waals surface area contributed by atoms with Crippen LogP contribution in [0.2, 0.25) is 0 Å². The van der Waals surface area contributed by atoms with Gasteiger partial charge in [0.1, 0.15) is 11.4 Å². The van der Waals surface area contributed by atoms with Gasteiger partial charge in [-0.1, -0.05) is 6.07 Å². The van der Waals surface area contributed by atoms with Crippen molar-refractivity contribution in [2.45, 2.75) is 18.9 Å². The number of urea groups is 1. The number of hydrogen-bond acceptors (Lipinski definition) is 4. The minimum atomic E-state index is -1.29. The van der Waals surface area contributed by atoms with E-state index in [0.717, 1.165) is 5.56 Å². The number of carbonyl (C=O) groups excluding carboxylic acids is 1. The predicted octanol–water partition coefficient (Wildman–Crippen LogP) is 2.18. The molecule has 0 fully saturated rings. The summed E-state index contributed by atoms with van der Waals surface area (Å²) < 4.78 is 23.4. The average molecular weight is 336 g/mol. The van der Waals surface area contributed by atoms with Gasteiger partial charge >= 0.3 is 6.03 Å². The third kappa shape index (κ3) is 4.73. The highest BCUT2D eigenvalue weighted by Gasteiger charge is 2.26. The highest BCUT2D eigenvalue weighted by atomic mass is 19.1. The number of ether oxygens (including phenoxy) is 1. The second-order valence-electron chi connectivity index (χ2n) is 5.58. The van der Waals surface area contributed by atoms with Crippen molar-refractivity contribution in [3.05, 3.63) is 53.7 Å². The van der Waals surface area contributed by atoms with Gasteiger partial charge in [0, 0.05) is 6.54 Å². The summed E-state index contributed by atoms with van der Waals surface area (Å²) in [5, 5.41) is 15.5. The maximum absolute atomic E-state index is 13.3. The molecule has 0 aliphatic rings. The third-order valence-electron chi connectivity index (χ3n) is 3.56.